The van der Waals surface area contributed by atoms with Gasteiger partial charge in [0, 0.05) is 12.1 Å². The van der Waals surface area contributed by atoms with Gasteiger partial charge in [-0.2, -0.15) is 0 Å². The monoisotopic (exact) mass is 224 g/mol. The van der Waals surface area contributed by atoms with Crippen LogP contribution in [-0.4, -0.2) is 30.1 Å². The quantitative estimate of drug-likeness (QED) is 0.781. The lowest BCUT2D eigenvalue weighted by molar-refractivity contribution is 0.0497. The van der Waals surface area contributed by atoms with Crippen molar-refractivity contribution in [3.63, 3.8) is 0 Å². The molecule has 0 atom stereocenters. The first-order valence-corrected chi connectivity index (χ1v) is 7.32. The predicted octanol–water partition coefficient (Wildman–Crippen LogP) is 2.91. The van der Waals surface area contributed by atoms with Gasteiger partial charge in [-0.1, -0.05) is 38.5 Å². The van der Waals surface area contributed by atoms with Gasteiger partial charge in [0.1, 0.15) is 0 Å². The van der Waals surface area contributed by atoms with Gasteiger partial charge in [0.25, 0.3) is 0 Å². The molecule has 2 fully saturated rings. The molecule has 2 N–H and O–H groups in total. The van der Waals surface area contributed by atoms with Crippen molar-refractivity contribution in [1.82, 2.24) is 4.90 Å². The van der Waals surface area contributed by atoms with Crippen LogP contribution in [0.1, 0.15) is 64.2 Å². The molecule has 2 heteroatoms. The summed E-state index contributed by atoms with van der Waals surface area (Å²) in [6, 6.07) is 0. The molecule has 1 aliphatic carbocycles. The summed E-state index contributed by atoms with van der Waals surface area (Å²) in [5.74, 6) is 0. The van der Waals surface area contributed by atoms with Crippen molar-refractivity contribution < 1.29 is 0 Å². The minimum Gasteiger partial charge on any atom is -0.329 e. The fourth-order valence-electron chi connectivity index (χ4n) is 3.58. The largest absolute Gasteiger partial charge is 0.329 e. The van der Waals surface area contributed by atoms with E-state index in [0.29, 0.717) is 5.54 Å². The number of hydrogen-bond acceptors (Lipinski definition) is 2. The lowest BCUT2D eigenvalue weighted by atomic mass is 9.79. The lowest BCUT2D eigenvalue weighted by Crippen LogP contribution is -2.55. The summed E-state index contributed by atoms with van der Waals surface area (Å²) in [4.78, 5) is 2.76. The Morgan fingerprint density at radius 3 is 1.81 bits per heavy atom. The van der Waals surface area contributed by atoms with Crippen LogP contribution in [0, 0.1) is 0 Å². The van der Waals surface area contributed by atoms with Crippen molar-refractivity contribution in [2.75, 3.05) is 19.6 Å². The van der Waals surface area contributed by atoms with Gasteiger partial charge >= 0.3 is 0 Å². The third-order valence-corrected chi connectivity index (χ3v) is 4.69. The zero-order valence-electron chi connectivity index (χ0n) is 10.7. The second-order valence-corrected chi connectivity index (χ2v) is 5.74. The van der Waals surface area contributed by atoms with Gasteiger partial charge < -0.3 is 5.73 Å². The van der Waals surface area contributed by atoms with Crippen LogP contribution in [-0.2, 0) is 0 Å². The molecule has 0 unspecified atom stereocenters. The van der Waals surface area contributed by atoms with E-state index in [1.165, 1.54) is 77.3 Å². The van der Waals surface area contributed by atoms with Crippen LogP contribution < -0.4 is 5.73 Å². The molecule has 94 valence electrons. The van der Waals surface area contributed by atoms with Crippen LogP contribution >= 0.6 is 0 Å². The Labute approximate surface area is 101 Å². The van der Waals surface area contributed by atoms with E-state index in [1.807, 2.05) is 0 Å². The molecule has 1 saturated carbocycles. The van der Waals surface area contributed by atoms with E-state index < -0.39 is 0 Å². The molecule has 0 amide bonds. The molecule has 0 aromatic carbocycles. The second kappa shape index (κ2) is 6.02. The number of likely N-dealkylation sites (tertiary alicyclic amines) is 1. The van der Waals surface area contributed by atoms with Gasteiger partial charge in [0.05, 0.1) is 0 Å². The molecule has 16 heavy (non-hydrogen) atoms. The normalized spacial score (nSPS) is 28.3. The van der Waals surface area contributed by atoms with E-state index in [-0.39, 0.29) is 0 Å². The van der Waals surface area contributed by atoms with Crippen LogP contribution in [0.5, 0.6) is 0 Å². The summed E-state index contributed by atoms with van der Waals surface area (Å²) in [5.41, 5.74) is 6.50. The fourth-order valence-corrected chi connectivity index (χ4v) is 3.58. The first-order chi connectivity index (χ1) is 7.87. The van der Waals surface area contributed by atoms with Crippen molar-refractivity contribution in [3.8, 4) is 0 Å². The smallest absolute Gasteiger partial charge is 0.0331 e. The van der Waals surface area contributed by atoms with E-state index in [1.54, 1.807) is 0 Å². The maximum Gasteiger partial charge on any atom is 0.0331 e. The van der Waals surface area contributed by atoms with E-state index in [2.05, 4.69) is 4.90 Å². The standard InChI is InChI=1S/C14H28N2/c15-13-14(9-5-4-6-10-14)16-11-7-2-1-3-8-12-16/h1-13,15H2. The second-order valence-electron chi connectivity index (χ2n) is 5.74. The minimum absolute atomic E-state index is 0.385. The molecular weight excluding hydrogens is 196 g/mol. The van der Waals surface area contributed by atoms with Crippen molar-refractivity contribution in [3.05, 3.63) is 0 Å². The Hall–Kier alpha value is -0.0800. The van der Waals surface area contributed by atoms with Gasteiger partial charge in [-0.05, 0) is 38.8 Å². The lowest BCUT2D eigenvalue weighted by Gasteiger charge is -2.46. The first kappa shape index (κ1) is 12.4. The van der Waals surface area contributed by atoms with Crippen molar-refractivity contribution in [1.29, 1.82) is 0 Å². The first-order valence-electron chi connectivity index (χ1n) is 7.32. The van der Waals surface area contributed by atoms with Gasteiger partial charge in [-0.15, -0.1) is 0 Å². The maximum atomic E-state index is 6.12. The minimum atomic E-state index is 0.385. The van der Waals surface area contributed by atoms with E-state index in [0.717, 1.165) is 6.54 Å². The highest BCUT2D eigenvalue weighted by molar-refractivity contribution is 4.94. The maximum absolute atomic E-state index is 6.12. The molecule has 0 aromatic heterocycles. The van der Waals surface area contributed by atoms with Gasteiger partial charge in [0.2, 0.25) is 0 Å². The summed E-state index contributed by atoms with van der Waals surface area (Å²) in [5, 5.41) is 0. The summed E-state index contributed by atoms with van der Waals surface area (Å²) >= 11 is 0. The molecule has 0 bridgehead atoms. The summed E-state index contributed by atoms with van der Waals surface area (Å²) in [6.07, 6.45) is 14.0. The Balaban J connectivity index is 1.99. The van der Waals surface area contributed by atoms with Crippen LogP contribution in [0.3, 0.4) is 0 Å². The predicted molar refractivity (Wildman–Crippen MR) is 69.5 cm³/mol. The van der Waals surface area contributed by atoms with E-state index in [4.69, 9.17) is 5.73 Å². The third-order valence-electron chi connectivity index (χ3n) is 4.69. The van der Waals surface area contributed by atoms with Gasteiger partial charge in [-0.3, -0.25) is 4.90 Å². The molecule has 1 aliphatic heterocycles. The average Bonchev–Trinajstić information content (AvgIpc) is 2.29. The van der Waals surface area contributed by atoms with Crippen molar-refractivity contribution in [2.45, 2.75) is 69.7 Å². The Bertz CT molecular complexity index is 189. The molecule has 1 heterocycles. The number of rotatable bonds is 2. The molecule has 1 saturated heterocycles. The zero-order chi connectivity index (χ0) is 11.3. The number of nitrogens with zero attached hydrogens (tertiary/aromatic N) is 1. The van der Waals surface area contributed by atoms with E-state index in [9.17, 15) is 0 Å². The molecule has 0 spiro atoms. The highest BCUT2D eigenvalue weighted by Gasteiger charge is 2.36. The molecule has 2 rings (SSSR count). The topological polar surface area (TPSA) is 29.3 Å². The van der Waals surface area contributed by atoms with Crippen LogP contribution in [0.2, 0.25) is 0 Å². The highest BCUT2D eigenvalue weighted by atomic mass is 15.2. The molecular formula is C14H28N2. The fraction of sp³-hybridized carbons (Fsp3) is 1.00. The number of nitrogens with two attached hydrogens (primary N) is 1. The summed E-state index contributed by atoms with van der Waals surface area (Å²) in [7, 11) is 0. The van der Waals surface area contributed by atoms with Crippen LogP contribution in [0.15, 0.2) is 0 Å². The number of hydrogen-bond donors (Lipinski definition) is 1. The van der Waals surface area contributed by atoms with Crippen molar-refractivity contribution in [2.24, 2.45) is 5.73 Å². The summed E-state index contributed by atoms with van der Waals surface area (Å²) in [6.45, 7) is 3.49. The Kier molecular flexibility index (Phi) is 4.66. The molecule has 2 aliphatic rings. The Morgan fingerprint density at radius 1 is 0.750 bits per heavy atom. The SMILES string of the molecule is NCC1(N2CCCCCCC2)CCCCC1. The van der Waals surface area contributed by atoms with Crippen LogP contribution in [0.25, 0.3) is 0 Å². The molecule has 2 nitrogen and oxygen atoms in total. The third kappa shape index (κ3) is 2.78. The highest BCUT2D eigenvalue weighted by Crippen LogP contribution is 2.34. The zero-order valence-corrected chi connectivity index (χ0v) is 10.7. The Morgan fingerprint density at radius 2 is 1.25 bits per heavy atom. The average molecular weight is 224 g/mol. The van der Waals surface area contributed by atoms with Crippen LogP contribution in [0.4, 0.5) is 0 Å². The summed E-state index contributed by atoms with van der Waals surface area (Å²) < 4.78 is 0. The van der Waals surface area contributed by atoms with Gasteiger partial charge in [-0.25, -0.2) is 0 Å². The molecule has 0 radical (unpaired) electrons. The molecule has 0 aromatic rings. The van der Waals surface area contributed by atoms with Gasteiger partial charge in [0.15, 0.2) is 0 Å². The van der Waals surface area contributed by atoms with E-state index >= 15 is 0 Å². The van der Waals surface area contributed by atoms with Crippen molar-refractivity contribution >= 4 is 0 Å².